The molecule has 2 aromatic rings. The molecule has 0 unspecified atom stereocenters. The van der Waals surface area contributed by atoms with E-state index in [4.69, 9.17) is 5.73 Å². The van der Waals surface area contributed by atoms with Crippen molar-refractivity contribution in [2.45, 2.75) is 36.1 Å². The minimum Gasteiger partial charge on any atom is -0.329 e. The number of fused-ring (bicyclic) bond motifs is 1. The van der Waals surface area contributed by atoms with Crippen LogP contribution in [0, 0.1) is 0 Å². The summed E-state index contributed by atoms with van der Waals surface area (Å²) in [5.74, 6) is 0. The molecule has 0 heterocycles. The Labute approximate surface area is 137 Å². The van der Waals surface area contributed by atoms with Crippen molar-refractivity contribution in [1.82, 2.24) is 4.72 Å². The van der Waals surface area contributed by atoms with Gasteiger partial charge in [-0.25, -0.2) is 13.1 Å². The monoisotopic (exact) mass is 340 g/mol. The maximum Gasteiger partial charge on any atom is 0.241 e. The average Bonchev–Trinajstić information content (AvgIpc) is 2.95. The highest BCUT2D eigenvalue weighted by Gasteiger charge is 2.37. The van der Waals surface area contributed by atoms with E-state index < -0.39 is 15.6 Å². The summed E-state index contributed by atoms with van der Waals surface area (Å²) < 4.78 is 28.5. The molecular formula is C16H21ClN2O2S. The number of nitrogens with two attached hydrogens (primary N) is 1. The van der Waals surface area contributed by atoms with Crippen LogP contribution in [-0.4, -0.2) is 20.5 Å². The van der Waals surface area contributed by atoms with Crippen LogP contribution in [0.1, 0.15) is 25.7 Å². The summed E-state index contributed by atoms with van der Waals surface area (Å²) in [5, 5.41) is 1.67. The van der Waals surface area contributed by atoms with Crippen molar-refractivity contribution in [3.05, 3.63) is 42.5 Å². The molecule has 0 spiro atoms. The van der Waals surface area contributed by atoms with Gasteiger partial charge in [0.1, 0.15) is 0 Å². The molecule has 0 aromatic heterocycles. The van der Waals surface area contributed by atoms with Gasteiger partial charge in [-0.15, -0.1) is 12.4 Å². The summed E-state index contributed by atoms with van der Waals surface area (Å²) in [6, 6.07) is 12.9. The third kappa shape index (κ3) is 3.13. The second kappa shape index (κ2) is 6.54. The lowest BCUT2D eigenvalue weighted by molar-refractivity contribution is 0.399. The minimum absolute atomic E-state index is 0. The Balaban J connectivity index is 0.00000176. The van der Waals surface area contributed by atoms with E-state index in [2.05, 4.69) is 4.72 Å². The molecule has 1 aliphatic rings. The third-order valence-electron chi connectivity index (χ3n) is 4.34. The first-order valence-electron chi connectivity index (χ1n) is 7.28. The summed E-state index contributed by atoms with van der Waals surface area (Å²) in [4.78, 5) is 0.334. The lowest BCUT2D eigenvalue weighted by atomic mass is 10.0. The fourth-order valence-electron chi connectivity index (χ4n) is 3.17. The molecule has 3 N–H and O–H groups in total. The van der Waals surface area contributed by atoms with Crippen molar-refractivity contribution >= 4 is 33.2 Å². The van der Waals surface area contributed by atoms with E-state index in [1.807, 2.05) is 30.3 Å². The van der Waals surface area contributed by atoms with E-state index >= 15 is 0 Å². The molecule has 3 rings (SSSR count). The number of benzene rings is 2. The fraction of sp³-hybridized carbons (Fsp3) is 0.375. The zero-order valence-electron chi connectivity index (χ0n) is 12.3. The Morgan fingerprint density at radius 2 is 1.68 bits per heavy atom. The molecule has 1 aliphatic carbocycles. The Morgan fingerprint density at radius 1 is 1.05 bits per heavy atom. The second-order valence-electron chi connectivity index (χ2n) is 5.77. The average molecular weight is 341 g/mol. The molecule has 120 valence electrons. The van der Waals surface area contributed by atoms with Gasteiger partial charge in [-0.05, 0) is 24.3 Å². The van der Waals surface area contributed by atoms with Gasteiger partial charge in [-0.1, -0.05) is 49.2 Å². The number of rotatable bonds is 4. The van der Waals surface area contributed by atoms with Gasteiger partial charge >= 0.3 is 0 Å². The van der Waals surface area contributed by atoms with E-state index in [-0.39, 0.29) is 12.4 Å². The van der Waals surface area contributed by atoms with Crippen LogP contribution in [0.3, 0.4) is 0 Å². The van der Waals surface area contributed by atoms with Crippen molar-refractivity contribution in [2.24, 2.45) is 5.73 Å². The predicted molar refractivity (Wildman–Crippen MR) is 91.8 cm³/mol. The second-order valence-corrected chi connectivity index (χ2v) is 7.43. The van der Waals surface area contributed by atoms with Gasteiger partial charge in [0.15, 0.2) is 0 Å². The maximum absolute atomic E-state index is 12.8. The summed E-state index contributed by atoms with van der Waals surface area (Å²) >= 11 is 0. The lowest BCUT2D eigenvalue weighted by Crippen LogP contribution is -2.51. The molecule has 1 fully saturated rings. The molecule has 0 aliphatic heterocycles. The summed E-state index contributed by atoms with van der Waals surface area (Å²) in [6.45, 7) is 0.344. The van der Waals surface area contributed by atoms with Crippen LogP contribution in [-0.2, 0) is 10.0 Å². The van der Waals surface area contributed by atoms with Crippen LogP contribution in [0.25, 0.3) is 10.8 Å². The molecule has 1 saturated carbocycles. The third-order valence-corrected chi connectivity index (χ3v) is 5.98. The van der Waals surface area contributed by atoms with Crippen LogP contribution < -0.4 is 10.5 Å². The van der Waals surface area contributed by atoms with E-state index in [0.29, 0.717) is 11.4 Å². The van der Waals surface area contributed by atoms with Gasteiger partial charge in [0.2, 0.25) is 10.0 Å². The Kier molecular flexibility index (Phi) is 5.12. The van der Waals surface area contributed by atoms with Gasteiger partial charge in [-0.3, -0.25) is 0 Å². The van der Waals surface area contributed by atoms with E-state index in [0.717, 1.165) is 36.5 Å². The van der Waals surface area contributed by atoms with Crippen LogP contribution in [0.2, 0.25) is 0 Å². The molecule has 0 saturated heterocycles. The SMILES string of the molecule is Cl.NCC1(NS(=O)(=O)c2cccc3ccccc23)CCCC1. The van der Waals surface area contributed by atoms with Gasteiger partial charge in [0, 0.05) is 17.5 Å². The number of hydrogen-bond acceptors (Lipinski definition) is 3. The Bertz CT molecular complexity index is 750. The first-order valence-corrected chi connectivity index (χ1v) is 8.77. The quantitative estimate of drug-likeness (QED) is 0.899. The van der Waals surface area contributed by atoms with Crippen molar-refractivity contribution in [3.8, 4) is 0 Å². The molecular weight excluding hydrogens is 320 g/mol. The van der Waals surface area contributed by atoms with Gasteiger partial charge < -0.3 is 5.73 Å². The molecule has 0 atom stereocenters. The molecule has 0 bridgehead atoms. The maximum atomic E-state index is 12.8. The van der Waals surface area contributed by atoms with Crippen molar-refractivity contribution in [2.75, 3.05) is 6.54 Å². The highest BCUT2D eigenvalue weighted by molar-refractivity contribution is 7.89. The van der Waals surface area contributed by atoms with Crippen LogP contribution in [0.4, 0.5) is 0 Å². The van der Waals surface area contributed by atoms with Crippen LogP contribution in [0.15, 0.2) is 47.4 Å². The molecule has 2 aromatic carbocycles. The smallest absolute Gasteiger partial charge is 0.241 e. The van der Waals surface area contributed by atoms with E-state index in [1.54, 1.807) is 12.1 Å². The van der Waals surface area contributed by atoms with Crippen LogP contribution in [0.5, 0.6) is 0 Å². The lowest BCUT2D eigenvalue weighted by Gasteiger charge is -2.28. The minimum atomic E-state index is -3.57. The highest BCUT2D eigenvalue weighted by Crippen LogP contribution is 2.31. The van der Waals surface area contributed by atoms with E-state index in [9.17, 15) is 8.42 Å². The van der Waals surface area contributed by atoms with E-state index in [1.165, 1.54) is 0 Å². The van der Waals surface area contributed by atoms with Crippen molar-refractivity contribution < 1.29 is 8.42 Å². The molecule has 0 amide bonds. The number of halogens is 1. The van der Waals surface area contributed by atoms with Gasteiger partial charge in [0.25, 0.3) is 0 Å². The Hall–Kier alpha value is -1.14. The normalized spacial score (nSPS) is 17.3. The van der Waals surface area contributed by atoms with Crippen molar-refractivity contribution in [3.63, 3.8) is 0 Å². The topological polar surface area (TPSA) is 72.2 Å². The summed E-state index contributed by atoms with van der Waals surface area (Å²) in [5.41, 5.74) is 5.36. The largest absolute Gasteiger partial charge is 0.329 e. The van der Waals surface area contributed by atoms with Crippen LogP contribution >= 0.6 is 12.4 Å². The molecule has 4 nitrogen and oxygen atoms in total. The number of hydrogen-bond donors (Lipinski definition) is 2. The number of nitrogens with one attached hydrogen (secondary N) is 1. The standard InChI is InChI=1S/C16H20N2O2S.ClH/c17-12-16(10-3-4-11-16)18-21(19,20)15-9-5-7-13-6-1-2-8-14(13)15;/h1-2,5-9,18H,3-4,10-12,17H2;1H. The molecule has 22 heavy (non-hydrogen) atoms. The molecule has 6 heteroatoms. The predicted octanol–water partition coefficient (Wildman–Crippen LogP) is 2.81. The first kappa shape index (κ1) is 17.2. The fourth-order valence-corrected chi connectivity index (χ4v) is 4.87. The van der Waals surface area contributed by atoms with Gasteiger partial charge in [0.05, 0.1) is 4.90 Å². The Morgan fingerprint density at radius 3 is 2.36 bits per heavy atom. The summed E-state index contributed by atoms with van der Waals surface area (Å²) in [7, 11) is -3.57. The zero-order chi connectivity index (χ0) is 14.9. The number of sulfonamides is 1. The van der Waals surface area contributed by atoms with Gasteiger partial charge in [-0.2, -0.15) is 0 Å². The zero-order valence-corrected chi connectivity index (χ0v) is 13.9. The van der Waals surface area contributed by atoms with Crippen molar-refractivity contribution in [1.29, 1.82) is 0 Å². The first-order chi connectivity index (χ1) is 10.1. The summed E-state index contributed by atoms with van der Waals surface area (Å²) in [6.07, 6.45) is 3.67. The highest BCUT2D eigenvalue weighted by atomic mass is 35.5. The molecule has 0 radical (unpaired) electrons.